The van der Waals surface area contributed by atoms with Crippen LogP contribution in [0, 0.1) is 0 Å². The molecule has 124 valence electrons. The third-order valence-corrected chi connectivity index (χ3v) is 4.97. The van der Waals surface area contributed by atoms with Crippen LogP contribution in [0.25, 0.3) is 0 Å². The van der Waals surface area contributed by atoms with Crippen molar-refractivity contribution in [2.75, 3.05) is 0 Å². The van der Waals surface area contributed by atoms with E-state index in [2.05, 4.69) is 98.5 Å². The molecule has 1 heteroatoms. The van der Waals surface area contributed by atoms with Gasteiger partial charge in [0.25, 0.3) is 0 Å². The molecule has 0 heterocycles. The van der Waals surface area contributed by atoms with Crippen LogP contribution in [0.15, 0.2) is 97.0 Å². The lowest BCUT2D eigenvalue weighted by Crippen LogP contribution is -2.59. The molecule has 0 bridgehead atoms. The average molecular weight is 315 g/mol. The molecule has 2 aromatic rings. The first-order valence-electron chi connectivity index (χ1n) is 9.02. The molecule has 0 saturated heterocycles. The highest BCUT2D eigenvalue weighted by atomic mass is 14.1. The minimum atomic E-state index is -1.01. The fourth-order valence-corrected chi connectivity index (χ4v) is 3.67. The van der Waals surface area contributed by atoms with E-state index in [4.69, 9.17) is 0 Å². The second-order valence-corrected chi connectivity index (χ2v) is 6.47. The normalized spacial score (nSPS) is 12.1. The van der Waals surface area contributed by atoms with Gasteiger partial charge in [-0.1, -0.05) is 105 Å². The van der Waals surface area contributed by atoms with E-state index < -0.39 is 6.15 Å². The molecule has 0 radical (unpaired) electrons. The van der Waals surface area contributed by atoms with E-state index in [0.29, 0.717) is 0 Å². The first kappa shape index (κ1) is 18.1. The van der Waals surface area contributed by atoms with Gasteiger partial charge in [0.05, 0.1) is 6.15 Å². The summed E-state index contributed by atoms with van der Waals surface area (Å²) in [5, 5.41) is 0. The molecule has 0 N–H and O–H groups in total. The summed E-state index contributed by atoms with van der Waals surface area (Å²) in [6.45, 7) is 8.81. The molecule has 0 aliphatic rings. The molecule has 0 saturated carbocycles. The van der Waals surface area contributed by atoms with Gasteiger partial charge in [-0.25, -0.2) is 5.47 Å². The molecule has 0 nitrogen and oxygen atoms in total. The Balaban J connectivity index is 2.62. The van der Waals surface area contributed by atoms with E-state index in [9.17, 15) is 0 Å². The molecule has 0 spiro atoms. The molecule has 2 aromatic carbocycles. The number of hydrogen-bond acceptors (Lipinski definition) is 0. The SMILES string of the molecule is C=C(/C=C\C=C/C)[B-](CCCC)(c1ccccc1)c1ccccc1. The van der Waals surface area contributed by atoms with E-state index in [1.54, 1.807) is 0 Å². The van der Waals surface area contributed by atoms with Crippen molar-refractivity contribution in [3.05, 3.63) is 97.0 Å². The van der Waals surface area contributed by atoms with Gasteiger partial charge in [0, 0.05) is 0 Å². The van der Waals surface area contributed by atoms with Crippen molar-refractivity contribution in [2.45, 2.75) is 33.0 Å². The first-order chi connectivity index (χ1) is 11.8. The lowest BCUT2D eigenvalue weighted by atomic mass is 9.13. The first-order valence-corrected chi connectivity index (χ1v) is 9.02. The largest absolute Gasteiger partial charge is 0.207 e. The van der Waals surface area contributed by atoms with Gasteiger partial charge in [-0.05, 0) is 6.92 Å². The van der Waals surface area contributed by atoms with Crippen LogP contribution < -0.4 is 10.9 Å². The van der Waals surface area contributed by atoms with Gasteiger partial charge >= 0.3 is 0 Å². The molecule has 0 amide bonds. The Morgan fingerprint density at radius 1 is 0.917 bits per heavy atom. The van der Waals surface area contributed by atoms with Crippen molar-refractivity contribution in [3.63, 3.8) is 0 Å². The Morgan fingerprint density at radius 3 is 1.92 bits per heavy atom. The second kappa shape index (κ2) is 9.13. The van der Waals surface area contributed by atoms with Crippen LogP contribution in [0.5, 0.6) is 0 Å². The number of hydrogen-bond donors (Lipinski definition) is 0. The monoisotopic (exact) mass is 315 g/mol. The van der Waals surface area contributed by atoms with Crippen LogP contribution in [-0.2, 0) is 0 Å². The van der Waals surface area contributed by atoms with E-state index >= 15 is 0 Å². The van der Waals surface area contributed by atoms with Gasteiger partial charge in [-0.15, -0.1) is 6.58 Å². The Labute approximate surface area is 147 Å². The molecular formula is C23H28B-. The summed E-state index contributed by atoms with van der Waals surface area (Å²) in [6.07, 6.45) is 10.9. The highest BCUT2D eigenvalue weighted by molar-refractivity contribution is 7.07. The maximum Gasteiger partial charge on any atom is 0.0807 e. The van der Waals surface area contributed by atoms with Crippen molar-refractivity contribution in [1.82, 2.24) is 0 Å². The van der Waals surface area contributed by atoms with E-state index in [1.165, 1.54) is 29.2 Å². The van der Waals surface area contributed by atoms with Crippen LogP contribution >= 0.6 is 0 Å². The number of rotatable bonds is 8. The highest BCUT2D eigenvalue weighted by Gasteiger charge is 2.28. The molecule has 0 atom stereocenters. The molecule has 0 unspecified atom stereocenters. The van der Waals surface area contributed by atoms with Crippen molar-refractivity contribution in [2.24, 2.45) is 0 Å². The zero-order valence-corrected chi connectivity index (χ0v) is 15.0. The van der Waals surface area contributed by atoms with Crippen molar-refractivity contribution in [1.29, 1.82) is 0 Å². The number of allylic oxidation sites excluding steroid dienone is 5. The van der Waals surface area contributed by atoms with Gasteiger partial charge < -0.3 is 0 Å². The minimum absolute atomic E-state index is 1.01. The highest BCUT2D eigenvalue weighted by Crippen LogP contribution is 2.23. The summed E-state index contributed by atoms with van der Waals surface area (Å²) in [5.74, 6) is 0. The van der Waals surface area contributed by atoms with E-state index in [1.807, 2.05) is 6.92 Å². The predicted octanol–water partition coefficient (Wildman–Crippen LogP) is 5.28. The zero-order chi connectivity index (χ0) is 17.3. The number of benzene rings is 2. The van der Waals surface area contributed by atoms with Crippen LogP contribution in [0.1, 0.15) is 26.7 Å². The van der Waals surface area contributed by atoms with Gasteiger partial charge in [0.1, 0.15) is 0 Å². The maximum absolute atomic E-state index is 4.51. The third kappa shape index (κ3) is 3.97. The summed E-state index contributed by atoms with van der Waals surface area (Å²) in [7, 11) is 0. The predicted molar refractivity (Wildman–Crippen MR) is 111 cm³/mol. The van der Waals surface area contributed by atoms with Gasteiger partial charge in [0.15, 0.2) is 0 Å². The van der Waals surface area contributed by atoms with Gasteiger partial charge in [-0.2, -0.15) is 17.2 Å². The van der Waals surface area contributed by atoms with Gasteiger partial charge in [0.2, 0.25) is 0 Å². The Hall–Kier alpha value is -2.28. The average Bonchev–Trinajstić information content (AvgIpc) is 2.64. The summed E-state index contributed by atoms with van der Waals surface area (Å²) in [5.41, 5.74) is 3.97. The van der Waals surface area contributed by atoms with Crippen LogP contribution in [0.4, 0.5) is 0 Å². The molecule has 0 aliphatic carbocycles. The van der Waals surface area contributed by atoms with Gasteiger partial charge in [-0.3, -0.25) is 0 Å². The van der Waals surface area contributed by atoms with Crippen LogP contribution in [-0.4, -0.2) is 6.15 Å². The smallest absolute Gasteiger partial charge is 0.0807 e. The minimum Gasteiger partial charge on any atom is -0.207 e. The van der Waals surface area contributed by atoms with E-state index in [-0.39, 0.29) is 0 Å². The topological polar surface area (TPSA) is 0 Å². The lowest BCUT2D eigenvalue weighted by molar-refractivity contribution is 0.873. The molecular weight excluding hydrogens is 287 g/mol. The summed E-state index contributed by atoms with van der Waals surface area (Å²) >= 11 is 0. The molecule has 0 fully saturated rings. The third-order valence-electron chi connectivity index (χ3n) is 4.97. The molecule has 24 heavy (non-hydrogen) atoms. The molecule has 0 aliphatic heterocycles. The summed E-state index contributed by atoms with van der Waals surface area (Å²) in [4.78, 5) is 0. The van der Waals surface area contributed by atoms with Crippen LogP contribution in [0.2, 0.25) is 6.32 Å². The van der Waals surface area contributed by atoms with Crippen molar-refractivity contribution < 1.29 is 0 Å². The Bertz CT molecular complexity index is 641. The lowest BCUT2D eigenvalue weighted by Gasteiger charge is -2.43. The summed E-state index contributed by atoms with van der Waals surface area (Å²) in [6, 6.07) is 21.8. The van der Waals surface area contributed by atoms with E-state index in [0.717, 1.165) is 6.32 Å². The fraction of sp³-hybridized carbons (Fsp3) is 0.217. The van der Waals surface area contributed by atoms with Crippen molar-refractivity contribution >= 4 is 17.1 Å². The number of unbranched alkanes of at least 4 members (excludes halogenated alkanes) is 1. The standard InChI is InChI=1S/C23H28B/c1-4-6-10-15-21(3)24(20-7-5-2,22-16-11-8-12-17-22)23-18-13-9-14-19-23/h4,6,8-19H,3,5,7,20H2,1-2H3/q-1/b6-4-,15-10-. The second-order valence-electron chi connectivity index (χ2n) is 6.47. The zero-order valence-electron chi connectivity index (χ0n) is 15.0. The molecule has 0 aromatic heterocycles. The van der Waals surface area contributed by atoms with Crippen molar-refractivity contribution in [3.8, 4) is 0 Å². The maximum atomic E-state index is 4.51. The fourth-order valence-electron chi connectivity index (χ4n) is 3.67. The Kier molecular flexibility index (Phi) is 6.87. The summed E-state index contributed by atoms with van der Waals surface area (Å²) < 4.78 is 0. The Morgan fingerprint density at radius 2 is 1.46 bits per heavy atom. The quantitative estimate of drug-likeness (QED) is 0.459. The van der Waals surface area contributed by atoms with Crippen LogP contribution in [0.3, 0.4) is 0 Å². The molecule has 2 rings (SSSR count).